The van der Waals surface area contributed by atoms with Gasteiger partial charge in [-0.1, -0.05) is 25.7 Å². The van der Waals surface area contributed by atoms with Crippen molar-refractivity contribution < 1.29 is 23.1 Å². The molecule has 16 heavy (non-hydrogen) atoms. The fourth-order valence-corrected chi connectivity index (χ4v) is 2.03. The summed E-state index contributed by atoms with van der Waals surface area (Å²) in [5, 5.41) is 0. The molecule has 0 spiro atoms. The zero-order chi connectivity index (χ0) is 12.2. The molecule has 0 aromatic heterocycles. The molecule has 92 valence electrons. The minimum absolute atomic E-state index is 0.450. The van der Waals surface area contributed by atoms with E-state index in [1.807, 2.05) is 0 Å². The van der Waals surface area contributed by atoms with Crippen LogP contribution < -0.4 is 0 Å². The SMILES string of the molecule is COC(=O)C(F)(F)C(=O)C1CCCCCC1. The largest absolute Gasteiger partial charge is 0.464 e. The van der Waals surface area contributed by atoms with E-state index in [4.69, 9.17) is 0 Å². The molecule has 0 unspecified atom stereocenters. The average molecular weight is 234 g/mol. The highest BCUT2D eigenvalue weighted by Gasteiger charge is 2.50. The van der Waals surface area contributed by atoms with Crippen LogP contribution in [0.5, 0.6) is 0 Å². The van der Waals surface area contributed by atoms with Crippen molar-refractivity contribution in [3.8, 4) is 0 Å². The monoisotopic (exact) mass is 234 g/mol. The van der Waals surface area contributed by atoms with Gasteiger partial charge in [0.2, 0.25) is 5.78 Å². The molecule has 0 bridgehead atoms. The number of ketones is 1. The molecule has 0 atom stereocenters. The lowest BCUT2D eigenvalue weighted by atomic mass is 9.92. The maximum absolute atomic E-state index is 13.3. The summed E-state index contributed by atoms with van der Waals surface area (Å²) in [5.41, 5.74) is 0. The molecule has 0 radical (unpaired) electrons. The minimum Gasteiger partial charge on any atom is -0.464 e. The third-order valence-electron chi connectivity index (χ3n) is 2.98. The third-order valence-corrected chi connectivity index (χ3v) is 2.98. The van der Waals surface area contributed by atoms with Gasteiger partial charge in [-0.15, -0.1) is 0 Å². The number of ether oxygens (including phenoxy) is 1. The van der Waals surface area contributed by atoms with E-state index >= 15 is 0 Å². The topological polar surface area (TPSA) is 43.4 Å². The first-order valence-corrected chi connectivity index (χ1v) is 5.50. The molecule has 0 saturated heterocycles. The van der Waals surface area contributed by atoms with Crippen LogP contribution in [0.25, 0.3) is 0 Å². The number of Topliss-reactive ketones (excluding diaryl/α,β-unsaturated/α-hetero) is 1. The number of esters is 1. The van der Waals surface area contributed by atoms with Gasteiger partial charge in [-0.05, 0) is 12.8 Å². The molecule has 1 saturated carbocycles. The second-order valence-corrected chi connectivity index (χ2v) is 4.12. The summed E-state index contributed by atoms with van der Waals surface area (Å²) in [6.07, 6.45) is 4.37. The van der Waals surface area contributed by atoms with Crippen molar-refractivity contribution >= 4 is 11.8 Å². The predicted octanol–water partition coefficient (Wildman–Crippen LogP) is 2.33. The number of halogens is 2. The molecule has 1 rings (SSSR count). The van der Waals surface area contributed by atoms with Crippen LogP contribution >= 0.6 is 0 Å². The zero-order valence-corrected chi connectivity index (χ0v) is 9.30. The van der Waals surface area contributed by atoms with E-state index in [1.54, 1.807) is 0 Å². The minimum atomic E-state index is -3.98. The second kappa shape index (κ2) is 5.37. The van der Waals surface area contributed by atoms with Crippen LogP contribution in [0.15, 0.2) is 0 Å². The van der Waals surface area contributed by atoms with Crippen molar-refractivity contribution in [3.05, 3.63) is 0 Å². The molecule has 0 N–H and O–H groups in total. The Balaban J connectivity index is 2.71. The lowest BCUT2D eigenvalue weighted by Gasteiger charge is -2.18. The van der Waals surface area contributed by atoms with Gasteiger partial charge >= 0.3 is 11.9 Å². The number of hydrogen-bond donors (Lipinski definition) is 0. The highest BCUT2D eigenvalue weighted by Crippen LogP contribution is 2.30. The number of rotatable bonds is 3. The molecule has 1 aliphatic carbocycles. The fraction of sp³-hybridized carbons (Fsp3) is 0.818. The molecule has 0 amide bonds. The maximum atomic E-state index is 13.3. The zero-order valence-electron chi connectivity index (χ0n) is 9.30. The Kier molecular flexibility index (Phi) is 4.38. The summed E-state index contributed by atoms with van der Waals surface area (Å²) in [6, 6.07) is 0. The van der Waals surface area contributed by atoms with E-state index < -0.39 is 23.6 Å². The third kappa shape index (κ3) is 2.77. The quantitative estimate of drug-likeness (QED) is 0.427. The summed E-state index contributed by atoms with van der Waals surface area (Å²) in [4.78, 5) is 22.3. The number of methoxy groups -OCH3 is 1. The maximum Gasteiger partial charge on any atom is 0.400 e. The Morgan fingerprint density at radius 2 is 1.62 bits per heavy atom. The first-order chi connectivity index (χ1) is 7.50. The lowest BCUT2D eigenvalue weighted by molar-refractivity contribution is -0.176. The number of carbonyl (C=O) groups is 2. The average Bonchev–Trinajstić information content (AvgIpc) is 2.55. The van der Waals surface area contributed by atoms with Crippen LogP contribution in [0.4, 0.5) is 8.78 Å². The molecular weight excluding hydrogens is 218 g/mol. The van der Waals surface area contributed by atoms with Crippen molar-refractivity contribution in [1.82, 2.24) is 0 Å². The van der Waals surface area contributed by atoms with Crippen molar-refractivity contribution in [3.63, 3.8) is 0 Å². The van der Waals surface area contributed by atoms with Gasteiger partial charge in [0, 0.05) is 5.92 Å². The fourth-order valence-electron chi connectivity index (χ4n) is 2.03. The Bertz CT molecular complexity index is 268. The molecule has 0 aromatic rings. The Labute approximate surface area is 93.2 Å². The smallest absolute Gasteiger partial charge is 0.400 e. The van der Waals surface area contributed by atoms with Crippen LogP contribution in [-0.4, -0.2) is 24.8 Å². The van der Waals surface area contributed by atoms with Crippen LogP contribution in [0.2, 0.25) is 0 Å². The Morgan fingerprint density at radius 1 is 1.12 bits per heavy atom. The normalized spacial score (nSPS) is 18.9. The summed E-state index contributed by atoms with van der Waals surface area (Å²) >= 11 is 0. The number of alkyl halides is 2. The van der Waals surface area contributed by atoms with E-state index in [1.165, 1.54) is 0 Å². The van der Waals surface area contributed by atoms with Gasteiger partial charge in [0.05, 0.1) is 7.11 Å². The van der Waals surface area contributed by atoms with Gasteiger partial charge in [-0.3, -0.25) is 4.79 Å². The molecule has 0 heterocycles. The predicted molar refractivity (Wildman–Crippen MR) is 53.2 cm³/mol. The van der Waals surface area contributed by atoms with E-state index in [0.717, 1.165) is 32.8 Å². The van der Waals surface area contributed by atoms with E-state index in [0.29, 0.717) is 12.8 Å². The summed E-state index contributed by atoms with van der Waals surface area (Å²) in [7, 11) is 0.858. The van der Waals surface area contributed by atoms with E-state index in [9.17, 15) is 18.4 Å². The Hall–Kier alpha value is -1.00. The van der Waals surface area contributed by atoms with Crippen molar-refractivity contribution in [2.24, 2.45) is 5.92 Å². The van der Waals surface area contributed by atoms with Crippen LogP contribution in [-0.2, 0) is 14.3 Å². The van der Waals surface area contributed by atoms with Gasteiger partial charge in [-0.25, -0.2) is 4.79 Å². The van der Waals surface area contributed by atoms with Gasteiger partial charge < -0.3 is 4.74 Å². The van der Waals surface area contributed by atoms with Crippen molar-refractivity contribution in [1.29, 1.82) is 0 Å². The second-order valence-electron chi connectivity index (χ2n) is 4.12. The Morgan fingerprint density at radius 3 is 2.06 bits per heavy atom. The lowest BCUT2D eigenvalue weighted by Crippen LogP contribution is -2.42. The molecule has 3 nitrogen and oxygen atoms in total. The van der Waals surface area contributed by atoms with E-state index in [2.05, 4.69) is 4.74 Å². The van der Waals surface area contributed by atoms with Crippen LogP contribution in [0.3, 0.4) is 0 Å². The van der Waals surface area contributed by atoms with Gasteiger partial charge in [0.25, 0.3) is 0 Å². The molecular formula is C11H16F2O3. The molecule has 0 aromatic carbocycles. The van der Waals surface area contributed by atoms with Crippen LogP contribution in [0.1, 0.15) is 38.5 Å². The molecule has 5 heteroatoms. The van der Waals surface area contributed by atoms with Crippen LogP contribution in [0, 0.1) is 5.92 Å². The van der Waals surface area contributed by atoms with Crippen molar-refractivity contribution in [2.45, 2.75) is 44.4 Å². The summed E-state index contributed by atoms with van der Waals surface area (Å²) in [6.45, 7) is 0. The van der Waals surface area contributed by atoms with Gasteiger partial charge in [0.15, 0.2) is 0 Å². The highest BCUT2D eigenvalue weighted by molar-refractivity contribution is 6.06. The number of carbonyl (C=O) groups excluding carboxylic acids is 2. The number of hydrogen-bond acceptors (Lipinski definition) is 3. The summed E-state index contributed by atoms with van der Waals surface area (Å²) in [5.74, 6) is -7.70. The molecule has 0 aliphatic heterocycles. The standard InChI is InChI=1S/C11H16F2O3/c1-16-10(15)11(12,13)9(14)8-6-4-2-3-5-7-8/h8H,2-7H2,1H3. The van der Waals surface area contributed by atoms with Gasteiger partial charge in [0.1, 0.15) is 0 Å². The summed E-state index contributed by atoms with van der Waals surface area (Å²) < 4.78 is 30.6. The van der Waals surface area contributed by atoms with Gasteiger partial charge in [-0.2, -0.15) is 8.78 Å². The first kappa shape index (κ1) is 13.1. The van der Waals surface area contributed by atoms with E-state index in [-0.39, 0.29) is 0 Å². The first-order valence-electron chi connectivity index (χ1n) is 5.50. The molecule has 1 fully saturated rings. The molecule has 1 aliphatic rings. The highest BCUT2D eigenvalue weighted by atomic mass is 19.3. The van der Waals surface area contributed by atoms with Crippen molar-refractivity contribution in [2.75, 3.05) is 7.11 Å².